The van der Waals surface area contributed by atoms with Crippen molar-refractivity contribution < 1.29 is 24.5 Å². The Hall–Kier alpha value is -1.75. The van der Waals surface area contributed by atoms with Crippen LogP contribution in [-0.2, 0) is 9.53 Å². The zero-order valence-corrected chi connectivity index (χ0v) is 9.14. The van der Waals surface area contributed by atoms with E-state index in [4.69, 9.17) is 4.74 Å². The van der Waals surface area contributed by atoms with E-state index in [1.807, 2.05) is 0 Å². The smallest absolute Gasteiger partial charge is 0.308 e. The Kier molecular flexibility index (Phi) is 4.13. The van der Waals surface area contributed by atoms with Gasteiger partial charge in [-0.25, -0.2) is 0 Å². The largest absolute Gasteiger partial charge is 0.507 e. The van der Waals surface area contributed by atoms with Crippen LogP contribution in [0.25, 0.3) is 0 Å². The zero-order valence-electron chi connectivity index (χ0n) is 9.14. The lowest BCUT2D eigenvalue weighted by molar-refractivity contribution is -0.142. The van der Waals surface area contributed by atoms with Crippen molar-refractivity contribution >= 4 is 5.97 Å². The molecule has 1 aromatic carbocycles. The predicted molar refractivity (Wildman–Crippen MR) is 56.3 cm³/mol. The Labute approximate surface area is 93.2 Å². The van der Waals surface area contributed by atoms with E-state index in [2.05, 4.69) is 4.74 Å². The topological polar surface area (TPSA) is 76.0 Å². The molecule has 0 bridgehead atoms. The van der Waals surface area contributed by atoms with Crippen molar-refractivity contribution in [1.82, 2.24) is 0 Å². The zero-order chi connectivity index (χ0) is 12.1. The first-order chi connectivity index (χ1) is 7.58. The molecule has 0 amide bonds. The molecule has 0 aliphatic rings. The highest BCUT2D eigenvalue weighted by Gasteiger charge is 2.17. The number of esters is 1. The fourth-order valence-corrected chi connectivity index (χ4v) is 1.28. The number of hydrogen-bond acceptors (Lipinski definition) is 5. The molecule has 0 aliphatic heterocycles. The van der Waals surface area contributed by atoms with Gasteiger partial charge in [-0.1, -0.05) is 0 Å². The molecule has 16 heavy (non-hydrogen) atoms. The summed E-state index contributed by atoms with van der Waals surface area (Å²) in [5.41, 5.74) is 0.270. The lowest BCUT2D eigenvalue weighted by atomic mass is 10.1. The normalized spacial score (nSPS) is 11.9. The molecule has 0 heterocycles. The summed E-state index contributed by atoms with van der Waals surface area (Å²) in [4.78, 5) is 10.9. The summed E-state index contributed by atoms with van der Waals surface area (Å²) >= 11 is 0. The summed E-state index contributed by atoms with van der Waals surface area (Å²) < 4.78 is 9.32. The molecule has 88 valence electrons. The van der Waals surface area contributed by atoms with E-state index in [0.29, 0.717) is 5.75 Å². The average molecular weight is 226 g/mol. The van der Waals surface area contributed by atoms with Crippen molar-refractivity contribution in [2.75, 3.05) is 14.2 Å². The van der Waals surface area contributed by atoms with Gasteiger partial charge >= 0.3 is 5.97 Å². The van der Waals surface area contributed by atoms with Crippen molar-refractivity contribution in [3.05, 3.63) is 23.8 Å². The van der Waals surface area contributed by atoms with Crippen LogP contribution < -0.4 is 4.74 Å². The summed E-state index contributed by atoms with van der Waals surface area (Å²) in [7, 11) is 2.71. The Morgan fingerprint density at radius 2 is 2.12 bits per heavy atom. The number of phenolic OH excluding ortho intramolecular Hbond substituents is 1. The third kappa shape index (κ3) is 2.87. The van der Waals surface area contributed by atoms with Crippen LogP contribution in [0.15, 0.2) is 18.2 Å². The lowest BCUT2D eigenvalue weighted by Gasteiger charge is -2.12. The minimum Gasteiger partial charge on any atom is -0.507 e. The molecule has 1 rings (SSSR count). The Morgan fingerprint density at radius 3 is 2.62 bits per heavy atom. The van der Waals surface area contributed by atoms with Crippen LogP contribution in [0.5, 0.6) is 11.5 Å². The van der Waals surface area contributed by atoms with Crippen LogP contribution in [0, 0.1) is 0 Å². The number of phenols is 1. The maximum atomic E-state index is 10.9. The number of benzene rings is 1. The number of aliphatic hydroxyl groups is 1. The minimum atomic E-state index is -1.08. The number of ether oxygens (including phenoxy) is 2. The molecule has 5 nitrogen and oxygen atoms in total. The molecule has 0 aliphatic carbocycles. The van der Waals surface area contributed by atoms with Gasteiger partial charge in [-0.05, 0) is 12.1 Å². The first-order valence-corrected chi connectivity index (χ1v) is 4.70. The van der Waals surface area contributed by atoms with Gasteiger partial charge in [-0.15, -0.1) is 0 Å². The second-order valence-electron chi connectivity index (χ2n) is 3.22. The van der Waals surface area contributed by atoms with Gasteiger partial charge in [0.2, 0.25) is 0 Å². The van der Waals surface area contributed by atoms with Crippen molar-refractivity contribution in [2.45, 2.75) is 12.5 Å². The highest BCUT2D eigenvalue weighted by atomic mass is 16.5. The van der Waals surface area contributed by atoms with Gasteiger partial charge in [0.05, 0.1) is 26.7 Å². The standard InChI is InChI=1S/C11H14O5/c1-15-7-3-4-8(9(12)5-7)10(13)6-11(14)16-2/h3-5,10,12-13H,6H2,1-2H3/t10-/m0/s1. The molecule has 1 aromatic rings. The molecule has 0 spiro atoms. The quantitative estimate of drug-likeness (QED) is 0.749. The molecule has 0 saturated carbocycles. The molecule has 5 heteroatoms. The first-order valence-electron chi connectivity index (χ1n) is 4.70. The van der Waals surface area contributed by atoms with Crippen LogP contribution >= 0.6 is 0 Å². The lowest BCUT2D eigenvalue weighted by Crippen LogP contribution is -2.08. The molecule has 0 aromatic heterocycles. The van der Waals surface area contributed by atoms with Crippen LogP contribution in [0.2, 0.25) is 0 Å². The number of methoxy groups -OCH3 is 2. The maximum absolute atomic E-state index is 10.9. The van der Waals surface area contributed by atoms with E-state index in [9.17, 15) is 15.0 Å². The Morgan fingerprint density at radius 1 is 1.44 bits per heavy atom. The van der Waals surface area contributed by atoms with Gasteiger partial charge < -0.3 is 19.7 Å². The summed E-state index contributed by atoms with van der Waals surface area (Å²) in [5.74, 6) is -0.176. The number of hydrogen-bond donors (Lipinski definition) is 2. The fourth-order valence-electron chi connectivity index (χ4n) is 1.28. The van der Waals surface area contributed by atoms with Gasteiger partial charge in [-0.2, -0.15) is 0 Å². The molecular formula is C11H14O5. The van der Waals surface area contributed by atoms with Gasteiger partial charge in [0.15, 0.2) is 0 Å². The molecule has 0 unspecified atom stereocenters. The van der Waals surface area contributed by atoms with E-state index in [1.165, 1.54) is 26.4 Å². The maximum Gasteiger partial charge on any atom is 0.308 e. The second-order valence-corrected chi connectivity index (χ2v) is 3.22. The van der Waals surface area contributed by atoms with E-state index in [-0.39, 0.29) is 17.7 Å². The van der Waals surface area contributed by atoms with Gasteiger partial charge in [-0.3, -0.25) is 4.79 Å². The molecule has 1 atom stereocenters. The third-order valence-electron chi connectivity index (χ3n) is 2.18. The van der Waals surface area contributed by atoms with Crippen LogP contribution in [0.4, 0.5) is 0 Å². The molecule has 0 fully saturated rings. The molecular weight excluding hydrogens is 212 g/mol. The molecule has 0 saturated heterocycles. The van der Waals surface area contributed by atoms with E-state index in [0.717, 1.165) is 0 Å². The number of carbonyl (C=O) groups excluding carboxylic acids is 1. The van der Waals surface area contributed by atoms with Crippen molar-refractivity contribution in [1.29, 1.82) is 0 Å². The third-order valence-corrected chi connectivity index (χ3v) is 2.18. The monoisotopic (exact) mass is 226 g/mol. The number of aliphatic hydroxyl groups excluding tert-OH is 1. The Balaban J connectivity index is 2.83. The summed E-state index contributed by atoms with van der Waals surface area (Å²) in [6, 6.07) is 4.47. The minimum absolute atomic E-state index is 0.115. The fraction of sp³-hybridized carbons (Fsp3) is 0.364. The number of aromatic hydroxyl groups is 1. The van der Waals surface area contributed by atoms with E-state index in [1.54, 1.807) is 6.07 Å². The van der Waals surface area contributed by atoms with E-state index >= 15 is 0 Å². The van der Waals surface area contributed by atoms with Crippen molar-refractivity contribution in [2.24, 2.45) is 0 Å². The highest BCUT2D eigenvalue weighted by Crippen LogP contribution is 2.30. The number of carbonyl (C=O) groups is 1. The van der Waals surface area contributed by atoms with Gasteiger partial charge in [0.1, 0.15) is 11.5 Å². The first kappa shape index (κ1) is 12.3. The average Bonchev–Trinajstić information content (AvgIpc) is 2.28. The summed E-state index contributed by atoms with van der Waals surface area (Å²) in [6.45, 7) is 0. The summed E-state index contributed by atoms with van der Waals surface area (Å²) in [6.07, 6.45) is -1.28. The Bertz CT molecular complexity index is 375. The predicted octanol–water partition coefficient (Wildman–Crippen LogP) is 0.997. The number of rotatable bonds is 4. The van der Waals surface area contributed by atoms with E-state index < -0.39 is 12.1 Å². The van der Waals surface area contributed by atoms with Crippen molar-refractivity contribution in [3.63, 3.8) is 0 Å². The van der Waals surface area contributed by atoms with Gasteiger partial charge in [0.25, 0.3) is 0 Å². The van der Waals surface area contributed by atoms with Crippen LogP contribution in [-0.4, -0.2) is 30.4 Å². The second kappa shape index (κ2) is 5.37. The van der Waals surface area contributed by atoms with Crippen LogP contribution in [0.3, 0.4) is 0 Å². The van der Waals surface area contributed by atoms with Crippen molar-refractivity contribution in [3.8, 4) is 11.5 Å². The highest BCUT2D eigenvalue weighted by molar-refractivity contribution is 5.70. The SMILES string of the molecule is COC(=O)C[C@H](O)c1ccc(OC)cc1O. The summed E-state index contributed by atoms with van der Waals surface area (Å²) in [5, 5.41) is 19.3. The molecule has 0 radical (unpaired) electrons. The van der Waals surface area contributed by atoms with Gasteiger partial charge in [0, 0.05) is 11.6 Å². The van der Waals surface area contributed by atoms with Crippen LogP contribution in [0.1, 0.15) is 18.1 Å². The molecule has 2 N–H and O–H groups in total.